The lowest BCUT2D eigenvalue weighted by atomic mass is 9.89. The van der Waals surface area contributed by atoms with Crippen molar-refractivity contribution >= 4 is 27.7 Å². The van der Waals surface area contributed by atoms with Gasteiger partial charge < -0.3 is 0 Å². The highest BCUT2D eigenvalue weighted by Gasteiger charge is 2.22. The minimum Gasteiger partial charge on any atom is -0.297 e. The lowest BCUT2D eigenvalue weighted by Gasteiger charge is -2.21. The quantitative estimate of drug-likeness (QED) is 0.618. The van der Waals surface area contributed by atoms with Gasteiger partial charge in [0.2, 0.25) is 0 Å². The Hall–Kier alpha value is -0.720. The Morgan fingerprint density at radius 3 is 3.00 bits per heavy atom. The van der Waals surface area contributed by atoms with Crippen LogP contribution in [-0.4, -0.2) is 27.6 Å². The average Bonchev–Trinajstić information content (AvgIpc) is 2.67. The summed E-state index contributed by atoms with van der Waals surface area (Å²) in [6, 6.07) is 1.90. The fourth-order valence-corrected chi connectivity index (χ4v) is 3.51. The molecule has 1 heterocycles. The van der Waals surface area contributed by atoms with Crippen molar-refractivity contribution in [2.75, 3.05) is 12.9 Å². The minimum atomic E-state index is -3.35. The lowest BCUT2D eigenvalue weighted by Crippen LogP contribution is -2.19. The molecule has 0 bridgehead atoms. The smallest absolute Gasteiger partial charge is 0.264 e. The van der Waals surface area contributed by atoms with Crippen molar-refractivity contribution in [2.24, 2.45) is 5.92 Å². The summed E-state index contributed by atoms with van der Waals surface area (Å²) in [7, 11) is -3.35. The van der Waals surface area contributed by atoms with Gasteiger partial charge in [-0.1, -0.05) is 0 Å². The van der Waals surface area contributed by atoms with Crippen LogP contribution in [0.1, 0.15) is 26.5 Å². The second-order valence-electron chi connectivity index (χ2n) is 4.31. The fraction of sp³-hybridized carbons (Fsp3) is 0.545. The Morgan fingerprint density at radius 1 is 1.59 bits per heavy atom. The molecule has 0 fully saturated rings. The molecule has 17 heavy (non-hydrogen) atoms. The summed E-state index contributed by atoms with van der Waals surface area (Å²) in [5.41, 5.74) is 1.17. The summed E-state index contributed by atoms with van der Waals surface area (Å²) in [4.78, 5) is 12.7. The summed E-state index contributed by atoms with van der Waals surface area (Å²) in [5, 5.41) is 0. The Bertz CT molecular complexity index is 516. The van der Waals surface area contributed by atoms with Gasteiger partial charge in [-0.15, -0.1) is 11.3 Å². The van der Waals surface area contributed by atoms with Crippen molar-refractivity contribution in [2.45, 2.75) is 19.3 Å². The van der Waals surface area contributed by atoms with E-state index in [4.69, 9.17) is 4.18 Å². The predicted molar refractivity (Wildman–Crippen MR) is 66.0 cm³/mol. The molecular weight excluding hydrogens is 260 g/mol. The molecule has 0 aromatic carbocycles. The molecule has 0 aliphatic heterocycles. The van der Waals surface area contributed by atoms with E-state index in [0.29, 0.717) is 0 Å². The van der Waals surface area contributed by atoms with Crippen molar-refractivity contribution in [1.82, 2.24) is 0 Å². The molecule has 1 aromatic heterocycles. The minimum absolute atomic E-state index is 0.228. The van der Waals surface area contributed by atoms with Crippen LogP contribution in [0.15, 0.2) is 6.07 Å². The number of carbonyl (C=O) groups is 1. The van der Waals surface area contributed by atoms with Gasteiger partial charge in [0.1, 0.15) is 0 Å². The first-order chi connectivity index (χ1) is 7.98. The second kappa shape index (κ2) is 4.88. The van der Waals surface area contributed by atoms with E-state index in [9.17, 15) is 13.2 Å². The molecule has 1 unspecified atom stereocenters. The molecule has 0 saturated heterocycles. The third-order valence-corrected chi connectivity index (χ3v) is 4.56. The van der Waals surface area contributed by atoms with Crippen LogP contribution in [0.3, 0.4) is 0 Å². The largest absolute Gasteiger partial charge is 0.297 e. The normalized spacial score (nSPS) is 19.9. The number of hydrogen-bond acceptors (Lipinski definition) is 5. The molecule has 0 radical (unpaired) electrons. The molecular formula is C11H14O4S2. The average molecular weight is 274 g/mol. The topological polar surface area (TPSA) is 60.4 Å². The second-order valence-corrected chi connectivity index (χ2v) is 7.12. The Balaban J connectivity index is 2.00. The molecule has 94 valence electrons. The molecule has 1 aliphatic rings. The van der Waals surface area contributed by atoms with Crippen LogP contribution in [0.25, 0.3) is 0 Å². The van der Waals surface area contributed by atoms with Gasteiger partial charge in [-0.05, 0) is 36.8 Å². The van der Waals surface area contributed by atoms with E-state index in [2.05, 4.69) is 0 Å². The van der Waals surface area contributed by atoms with Crippen LogP contribution in [0, 0.1) is 5.92 Å². The van der Waals surface area contributed by atoms with Crippen LogP contribution in [-0.2, 0) is 27.1 Å². The van der Waals surface area contributed by atoms with E-state index in [1.165, 1.54) is 21.8 Å². The molecule has 2 rings (SSSR count). The first-order valence-electron chi connectivity index (χ1n) is 5.39. The molecule has 0 amide bonds. The number of rotatable bonds is 4. The summed E-state index contributed by atoms with van der Waals surface area (Å²) in [5.74, 6) is 0.228. The summed E-state index contributed by atoms with van der Waals surface area (Å²) < 4.78 is 26.6. The van der Waals surface area contributed by atoms with Crippen molar-refractivity contribution in [1.29, 1.82) is 0 Å². The van der Waals surface area contributed by atoms with Crippen molar-refractivity contribution < 1.29 is 17.4 Å². The summed E-state index contributed by atoms with van der Waals surface area (Å²) in [6.07, 6.45) is 4.56. The Kier molecular flexibility index (Phi) is 3.65. The molecule has 6 heteroatoms. The molecule has 1 atom stereocenters. The monoisotopic (exact) mass is 274 g/mol. The molecule has 0 saturated carbocycles. The van der Waals surface area contributed by atoms with Crippen molar-refractivity contribution in [3.63, 3.8) is 0 Å². The van der Waals surface area contributed by atoms with E-state index in [-0.39, 0.29) is 12.5 Å². The molecule has 0 N–H and O–H groups in total. The number of fused-ring (bicyclic) bond motifs is 1. The molecule has 4 nitrogen and oxygen atoms in total. The third-order valence-electron chi connectivity index (χ3n) is 2.84. The maximum Gasteiger partial charge on any atom is 0.264 e. The number of hydrogen-bond donors (Lipinski definition) is 0. The maximum absolute atomic E-state index is 10.9. The van der Waals surface area contributed by atoms with Gasteiger partial charge in [0.25, 0.3) is 10.1 Å². The Labute approximate surface area is 105 Å². The first kappa shape index (κ1) is 12.7. The van der Waals surface area contributed by atoms with Crippen LogP contribution in [0.4, 0.5) is 0 Å². The summed E-state index contributed by atoms with van der Waals surface area (Å²) in [6.45, 7) is 0.241. The number of aryl methyl sites for hydroxylation is 1. The van der Waals surface area contributed by atoms with E-state index in [0.717, 1.165) is 36.7 Å². The van der Waals surface area contributed by atoms with Crippen LogP contribution in [0.5, 0.6) is 0 Å². The van der Waals surface area contributed by atoms with E-state index >= 15 is 0 Å². The van der Waals surface area contributed by atoms with Crippen LogP contribution in [0.2, 0.25) is 0 Å². The van der Waals surface area contributed by atoms with Gasteiger partial charge in [-0.3, -0.25) is 8.98 Å². The number of thiophene rings is 1. The Morgan fingerprint density at radius 2 is 2.35 bits per heavy atom. The molecule has 1 aromatic rings. The van der Waals surface area contributed by atoms with E-state index in [1.54, 1.807) is 0 Å². The van der Waals surface area contributed by atoms with E-state index in [1.807, 2.05) is 6.07 Å². The highest BCUT2D eigenvalue weighted by molar-refractivity contribution is 7.85. The first-order valence-corrected chi connectivity index (χ1v) is 8.02. The highest BCUT2D eigenvalue weighted by Crippen LogP contribution is 2.31. The van der Waals surface area contributed by atoms with Gasteiger partial charge in [0, 0.05) is 4.88 Å². The van der Waals surface area contributed by atoms with Gasteiger partial charge in [0.15, 0.2) is 6.29 Å². The van der Waals surface area contributed by atoms with Gasteiger partial charge >= 0.3 is 0 Å². The molecule has 1 aliphatic carbocycles. The zero-order valence-corrected chi connectivity index (χ0v) is 11.1. The predicted octanol–water partition coefficient (Wildman–Crippen LogP) is 1.64. The SMILES string of the molecule is CS(=O)(=O)OCC1CCc2sc(C=O)cc2C1. The number of aldehydes is 1. The van der Waals surface area contributed by atoms with Gasteiger partial charge in [0.05, 0.1) is 17.7 Å². The van der Waals surface area contributed by atoms with E-state index < -0.39 is 10.1 Å². The lowest BCUT2D eigenvalue weighted by molar-refractivity contribution is 0.112. The zero-order valence-electron chi connectivity index (χ0n) is 9.51. The van der Waals surface area contributed by atoms with Gasteiger partial charge in [-0.25, -0.2) is 0 Å². The third kappa shape index (κ3) is 3.37. The van der Waals surface area contributed by atoms with Crippen molar-refractivity contribution in [3.8, 4) is 0 Å². The summed E-state index contributed by atoms with van der Waals surface area (Å²) >= 11 is 1.53. The number of carbonyl (C=O) groups excluding carboxylic acids is 1. The standard InChI is InChI=1S/C11H14O4S2/c1-17(13,14)15-7-8-2-3-11-9(4-8)5-10(6-12)16-11/h5-6,8H,2-4,7H2,1H3. The highest BCUT2D eigenvalue weighted by atomic mass is 32.2. The van der Waals surface area contributed by atoms with Gasteiger partial charge in [-0.2, -0.15) is 8.42 Å². The fourth-order valence-electron chi connectivity index (χ4n) is 2.04. The molecule has 0 spiro atoms. The van der Waals surface area contributed by atoms with Crippen molar-refractivity contribution in [3.05, 3.63) is 21.4 Å². The van der Waals surface area contributed by atoms with Crippen LogP contribution < -0.4 is 0 Å². The maximum atomic E-state index is 10.9. The van der Waals surface area contributed by atoms with Crippen LogP contribution >= 0.6 is 11.3 Å². The zero-order chi connectivity index (χ0) is 12.5.